The molecule has 0 radical (unpaired) electrons. The van der Waals surface area contributed by atoms with Gasteiger partial charge >= 0.3 is 5.97 Å². The standard InChI is InChI=1S/C21H24N2O4/c1-16(27-19-10-8-17(9-11-19)21(25)26-2)20(24)23-14-12-22(13-15-23)18-6-4-3-5-7-18/h3-11,16H,12-15H2,1-2H3. The molecule has 0 aliphatic carbocycles. The molecule has 1 saturated heterocycles. The highest BCUT2D eigenvalue weighted by atomic mass is 16.5. The number of nitrogens with zero attached hydrogens (tertiary/aromatic N) is 2. The van der Waals surface area contributed by atoms with Crippen LogP contribution < -0.4 is 9.64 Å². The van der Waals surface area contributed by atoms with E-state index in [1.807, 2.05) is 23.1 Å². The number of esters is 1. The van der Waals surface area contributed by atoms with E-state index < -0.39 is 12.1 Å². The van der Waals surface area contributed by atoms with Crippen LogP contribution in [-0.2, 0) is 9.53 Å². The second kappa shape index (κ2) is 8.58. The van der Waals surface area contributed by atoms with Gasteiger partial charge in [0, 0.05) is 31.9 Å². The number of methoxy groups -OCH3 is 1. The van der Waals surface area contributed by atoms with Crippen molar-refractivity contribution in [3.05, 3.63) is 60.2 Å². The summed E-state index contributed by atoms with van der Waals surface area (Å²) in [6.45, 7) is 4.69. The smallest absolute Gasteiger partial charge is 0.337 e. The Labute approximate surface area is 159 Å². The number of piperazine rings is 1. The Kier molecular flexibility index (Phi) is 5.96. The fourth-order valence-electron chi connectivity index (χ4n) is 3.12. The second-order valence-electron chi connectivity index (χ2n) is 6.42. The van der Waals surface area contributed by atoms with Gasteiger partial charge < -0.3 is 19.3 Å². The Hall–Kier alpha value is -3.02. The number of para-hydroxylation sites is 1. The molecule has 6 heteroatoms. The van der Waals surface area contributed by atoms with Crippen molar-refractivity contribution in [2.24, 2.45) is 0 Å². The second-order valence-corrected chi connectivity index (χ2v) is 6.42. The van der Waals surface area contributed by atoms with Crippen molar-refractivity contribution >= 4 is 17.6 Å². The lowest BCUT2D eigenvalue weighted by atomic mass is 10.2. The third-order valence-electron chi connectivity index (χ3n) is 4.65. The molecule has 3 rings (SSSR count). The molecule has 0 bridgehead atoms. The molecular weight excluding hydrogens is 344 g/mol. The SMILES string of the molecule is COC(=O)c1ccc(OC(C)C(=O)N2CCN(c3ccccc3)CC2)cc1. The molecule has 1 unspecified atom stereocenters. The summed E-state index contributed by atoms with van der Waals surface area (Å²) in [5.41, 5.74) is 1.63. The van der Waals surface area contributed by atoms with Gasteiger partial charge in [-0.15, -0.1) is 0 Å². The molecule has 142 valence electrons. The van der Waals surface area contributed by atoms with Gasteiger partial charge in [-0.1, -0.05) is 18.2 Å². The average Bonchev–Trinajstić information content (AvgIpc) is 2.74. The van der Waals surface area contributed by atoms with Crippen LogP contribution in [0.15, 0.2) is 54.6 Å². The van der Waals surface area contributed by atoms with E-state index in [2.05, 4.69) is 21.8 Å². The van der Waals surface area contributed by atoms with Crippen molar-refractivity contribution in [2.75, 3.05) is 38.2 Å². The van der Waals surface area contributed by atoms with Crippen molar-refractivity contribution in [1.29, 1.82) is 0 Å². The fraction of sp³-hybridized carbons (Fsp3) is 0.333. The summed E-state index contributed by atoms with van der Waals surface area (Å²) in [6, 6.07) is 16.8. The first-order valence-electron chi connectivity index (χ1n) is 9.02. The number of carbonyl (C=O) groups excluding carboxylic acids is 2. The molecule has 0 aromatic heterocycles. The molecule has 1 aliphatic rings. The largest absolute Gasteiger partial charge is 0.481 e. The van der Waals surface area contributed by atoms with E-state index in [0.29, 0.717) is 24.4 Å². The van der Waals surface area contributed by atoms with Crippen LogP contribution in [0.5, 0.6) is 5.75 Å². The maximum absolute atomic E-state index is 12.7. The Morgan fingerprint density at radius 1 is 0.926 bits per heavy atom. The molecule has 0 saturated carbocycles. The summed E-state index contributed by atoms with van der Waals surface area (Å²) < 4.78 is 10.4. The van der Waals surface area contributed by atoms with E-state index in [4.69, 9.17) is 4.74 Å². The molecule has 1 heterocycles. The summed E-state index contributed by atoms with van der Waals surface area (Å²) in [5.74, 6) is 0.119. The van der Waals surface area contributed by atoms with Gasteiger partial charge in [0.15, 0.2) is 6.10 Å². The zero-order chi connectivity index (χ0) is 19.2. The number of ether oxygens (including phenoxy) is 2. The summed E-state index contributed by atoms with van der Waals surface area (Å²) in [4.78, 5) is 28.3. The van der Waals surface area contributed by atoms with Gasteiger partial charge in [-0.3, -0.25) is 4.79 Å². The molecule has 2 aromatic rings. The fourth-order valence-corrected chi connectivity index (χ4v) is 3.12. The van der Waals surface area contributed by atoms with Crippen molar-refractivity contribution < 1.29 is 19.1 Å². The van der Waals surface area contributed by atoms with Crippen LogP contribution in [0.2, 0.25) is 0 Å². The number of hydrogen-bond donors (Lipinski definition) is 0. The van der Waals surface area contributed by atoms with Crippen LogP contribution in [0.4, 0.5) is 5.69 Å². The van der Waals surface area contributed by atoms with E-state index in [0.717, 1.165) is 13.1 Å². The summed E-state index contributed by atoms with van der Waals surface area (Å²) >= 11 is 0. The highest BCUT2D eigenvalue weighted by Gasteiger charge is 2.26. The van der Waals surface area contributed by atoms with E-state index in [9.17, 15) is 9.59 Å². The maximum atomic E-state index is 12.7. The highest BCUT2D eigenvalue weighted by molar-refractivity contribution is 5.89. The number of amides is 1. The number of benzene rings is 2. The van der Waals surface area contributed by atoms with Crippen molar-refractivity contribution in [3.63, 3.8) is 0 Å². The molecule has 27 heavy (non-hydrogen) atoms. The first-order chi connectivity index (χ1) is 13.1. The minimum atomic E-state index is -0.586. The highest BCUT2D eigenvalue weighted by Crippen LogP contribution is 2.18. The van der Waals surface area contributed by atoms with Gasteiger partial charge in [-0.05, 0) is 43.3 Å². The quantitative estimate of drug-likeness (QED) is 0.760. The Balaban J connectivity index is 1.53. The third kappa shape index (κ3) is 4.58. The minimum absolute atomic E-state index is 0.0280. The number of hydrogen-bond acceptors (Lipinski definition) is 5. The van der Waals surface area contributed by atoms with Gasteiger partial charge in [0.25, 0.3) is 5.91 Å². The predicted molar refractivity (Wildman–Crippen MR) is 103 cm³/mol. The van der Waals surface area contributed by atoms with Gasteiger partial charge in [-0.2, -0.15) is 0 Å². The van der Waals surface area contributed by atoms with Crippen LogP contribution >= 0.6 is 0 Å². The van der Waals surface area contributed by atoms with Gasteiger partial charge in [0.05, 0.1) is 12.7 Å². The van der Waals surface area contributed by atoms with Crippen LogP contribution in [-0.4, -0.2) is 56.2 Å². The van der Waals surface area contributed by atoms with Crippen molar-refractivity contribution in [3.8, 4) is 5.75 Å². The van der Waals surface area contributed by atoms with Crippen molar-refractivity contribution in [2.45, 2.75) is 13.0 Å². The van der Waals surface area contributed by atoms with Gasteiger partial charge in [-0.25, -0.2) is 4.79 Å². The zero-order valence-electron chi connectivity index (χ0n) is 15.6. The molecule has 1 amide bonds. The molecule has 1 atom stereocenters. The number of anilines is 1. The monoisotopic (exact) mass is 368 g/mol. The van der Waals surface area contributed by atoms with Crippen LogP contribution in [0.1, 0.15) is 17.3 Å². The van der Waals surface area contributed by atoms with Crippen LogP contribution in [0.25, 0.3) is 0 Å². The van der Waals surface area contributed by atoms with Gasteiger partial charge in [0.2, 0.25) is 0 Å². The third-order valence-corrected chi connectivity index (χ3v) is 4.65. The van der Waals surface area contributed by atoms with E-state index in [-0.39, 0.29) is 5.91 Å². The van der Waals surface area contributed by atoms with E-state index in [1.165, 1.54) is 12.8 Å². The van der Waals surface area contributed by atoms with Crippen LogP contribution in [0, 0.1) is 0 Å². The Morgan fingerprint density at radius 3 is 2.15 bits per heavy atom. The predicted octanol–water partition coefficient (Wildman–Crippen LogP) is 2.59. The lowest BCUT2D eigenvalue weighted by Gasteiger charge is -2.37. The lowest BCUT2D eigenvalue weighted by molar-refractivity contribution is -0.138. The minimum Gasteiger partial charge on any atom is -0.481 e. The van der Waals surface area contributed by atoms with E-state index >= 15 is 0 Å². The maximum Gasteiger partial charge on any atom is 0.337 e. The molecule has 1 aliphatic heterocycles. The van der Waals surface area contributed by atoms with Crippen LogP contribution in [0.3, 0.4) is 0 Å². The molecule has 0 spiro atoms. The normalized spacial score (nSPS) is 15.2. The summed E-state index contributed by atoms with van der Waals surface area (Å²) in [7, 11) is 1.34. The molecule has 6 nitrogen and oxygen atoms in total. The molecule has 0 N–H and O–H groups in total. The average molecular weight is 368 g/mol. The molecule has 2 aromatic carbocycles. The topological polar surface area (TPSA) is 59.1 Å². The number of rotatable bonds is 5. The first kappa shape index (κ1) is 18.8. The summed E-state index contributed by atoms with van der Waals surface area (Å²) in [6.07, 6.45) is -0.586. The molecule has 1 fully saturated rings. The molecular formula is C21H24N2O4. The summed E-state index contributed by atoms with van der Waals surface area (Å²) in [5, 5.41) is 0. The van der Waals surface area contributed by atoms with E-state index in [1.54, 1.807) is 31.2 Å². The Bertz CT molecular complexity index is 769. The van der Waals surface area contributed by atoms with Crippen molar-refractivity contribution in [1.82, 2.24) is 4.90 Å². The lowest BCUT2D eigenvalue weighted by Crippen LogP contribution is -2.52. The first-order valence-corrected chi connectivity index (χ1v) is 9.02. The van der Waals surface area contributed by atoms with Gasteiger partial charge in [0.1, 0.15) is 5.75 Å². The zero-order valence-corrected chi connectivity index (χ0v) is 15.6. The number of carbonyl (C=O) groups is 2. The Morgan fingerprint density at radius 2 is 1.56 bits per heavy atom.